The molecule has 1 saturated heterocycles. The molecule has 0 bridgehead atoms. The van der Waals surface area contributed by atoms with Gasteiger partial charge in [0.2, 0.25) is 0 Å². The zero-order valence-electron chi connectivity index (χ0n) is 6.20. The van der Waals surface area contributed by atoms with Crippen LogP contribution in [-0.4, -0.2) is 17.8 Å². The van der Waals surface area contributed by atoms with Crippen LogP contribution in [0.25, 0.3) is 0 Å². The third kappa shape index (κ3) is 1.27. The quantitative estimate of drug-likeness (QED) is 0.607. The monoisotopic (exact) mass is 149 g/mol. The molecule has 0 radical (unpaired) electrons. The van der Waals surface area contributed by atoms with E-state index < -0.39 is 0 Å². The van der Waals surface area contributed by atoms with Gasteiger partial charge in [-0.15, -0.1) is 0 Å². The minimum atomic E-state index is 0.236. The summed E-state index contributed by atoms with van der Waals surface area (Å²) in [6.07, 6.45) is 0. The number of nitrogens with one attached hydrogen (secondary N) is 1. The molecule has 1 aromatic carbocycles. The summed E-state index contributed by atoms with van der Waals surface area (Å²) >= 11 is 0. The maximum absolute atomic E-state index is 8.78. The van der Waals surface area contributed by atoms with Crippen molar-refractivity contribution in [1.82, 2.24) is 5.32 Å². The van der Waals surface area contributed by atoms with Crippen LogP contribution >= 0.6 is 0 Å². The summed E-state index contributed by atoms with van der Waals surface area (Å²) in [6.45, 7) is 0.236. The van der Waals surface area contributed by atoms with Gasteiger partial charge < -0.3 is 10.4 Å². The van der Waals surface area contributed by atoms with Crippen LogP contribution in [0.4, 0.5) is 0 Å². The molecule has 0 aromatic heterocycles. The van der Waals surface area contributed by atoms with Crippen molar-refractivity contribution in [2.45, 2.75) is 12.1 Å². The first-order chi connectivity index (χ1) is 5.42. The van der Waals surface area contributed by atoms with E-state index in [-0.39, 0.29) is 12.6 Å². The first-order valence-corrected chi connectivity index (χ1v) is 3.83. The predicted molar refractivity (Wildman–Crippen MR) is 43.2 cm³/mol. The number of rotatable bonds is 2. The summed E-state index contributed by atoms with van der Waals surface area (Å²) in [7, 11) is 0. The van der Waals surface area contributed by atoms with Crippen LogP contribution in [0.1, 0.15) is 11.6 Å². The smallest absolute Gasteiger partial charge is 0.0603 e. The molecule has 1 heterocycles. The maximum Gasteiger partial charge on any atom is 0.0603 e. The Kier molecular flexibility index (Phi) is 1.64. The Morgan fingerprint density at radius 2 is 2.00 bits per heavy atom. The van der Waals surface area contributed by atoms with E-state index in [4.69, 9.17) is 5.11 Å². The highest BCUT2D eigenvalue weighted by Gasteiger charge is 2.36. The molecule has 0 amide bonds. The molecule has 2 heteroatoms. The Morgan fingerprint density at radius 1 is 1.27 bits per heavy atom. The predicted octanol–water partition coefficient (Wildman–Crippen LogP) is 0.692. The van der Waals surface area contributed by atoms with Crippen molar-refractivity contribution in [3.63, 3.8) is 0 Å². The molecule has 0 saturated carbocycles. The number of aliphatic hydroxyl groups excluding tert-OH is 1. The van der Waals surface area contributed by atoms with Gasteiger partial charge in [0.05, 0.1) is 18.7 Å². The SMILES string of the molecule is OCC1NC1c1ccccc1. The normalized spacial score (nSPS) is 28.5. The highest BCUT2D eigenvalue weighted by atomic mass is 16.3. The van der Waals surface area contributed by atoms with E-state index in [2.05, 4.69) is 17.4 Å². The Balaban J connectivity index is 2.09. The lowest BCUT2D eigenvalue weighted by molar-refractivity contribution is 0.294. The van der Waals surface area contributed by atoms with Gasteiger partial charge in [0, 0.05) is 0 Å². The summed E-state index contributed by atoms with van der Waals surface area (Å²) in [4.78, 5) is 0. The number of hydrogen-bond acceptors (Lipinski definition) is 2. The molecule has 0 aliphatic carbocycles. The molecule has 1 aliphatic rings. The van der Waals surface area contributed by atoms with Gasteiger partial charge in [-0.3, -0.25) is 0 Å². The second kappa shape index (κ2) is 2.64. The molecule has 2 rings (SSSR count). The molecule has 0 spiro atoms. The van der Waals surface area contributed by atoms with Crippen LogP contribution in [0.2, 0.25) is 0 Å². The van der Waals surface area contributed by atoms with Crippen molar-refractivity contribution in [2.75, 3.05) is 6.61 Å². The Morgan fingerprint density at radius 3 is 2.55 bits per heavy atom. The van der Waals surface area contributed by atoms with E-state index >= 15 is 0 Å². The second-order valence-electron chi connectivity index (χ2n) is 2.84. The van der Waals surface area contributed by atoms with Gasteiger partial charge in [-0.25, -0.2) is 0 Å². The maximum atomic E-state index is 8.78. The molecule has 11 heavy (non-hydrogen) atoms. The van der Waals surface area contributed by atoms with Crippen LogP contribution in [-0.2, 0) is 0 Å². The van der Waals surface area contributed by atoms with Gasteiger partial charge in [0.1, 0.15) is 0 Å². The average molecular weight is 149 g/mol. The van der Waals surface area contributed by atoms with Crippen LogP contribution < -0.4 is 5.32 Å². The van der Waals surface area contributed by atoms with Gasteiger partial charge in [-0.2, -0.15) is 0 Å². The largest absolute Gasteiger partial charge is 0.395 e. The minimum absolute atomic E-state index is 0.236. The second-order valence-corrected chi connectivity index (χ2v) is 2.84. The molecule has 2 atom stereocenters. The fourth-order valence-corrected chi connectivity index (χ4v) is 1.32. The van der Waals surface area contributed by atoms with E-state index in [9.17, 15) is 0 Å². The summed E-state index contributed by atoms with van der Waals surface area (Å²) in [5.74, 6) is 0. The molecule has 1 aromatic rings. The topological polar surface area (TPSA) is 42.2 Å². The number of hydrogen-bond donors (Lipinski definition) is 2. The Hall–Kier alpha value is -0.860. The van der Waals surface area contributed by atoms with Crippen LogP contribution in [0.3, 0.4) is 0 Å². The molecule has 58 valence electrons. The molecule has 2 N–H and O–H groups in total. The van der Waals surface area contributed by atoms with E-state index in [0.29, 0.717) is 6.04 Å². The molecule has 2 nitrogen and oxygen atoms in total. The summed E-state index contributed by atoms with van der Waals surface area (Å²) in [5.41, 5.74) is 1.27. The lowest BCUT2D eigenvalue weighted by Gasteiger charge is -1.93. The van der Waals surface area contributed by atoms with Crippen LogP contribution in [0, 0.1) is 0 Å². The standard InChI is InChI=1S/C9H11NO/c11-6-8-9(10-8)7-4-2-1-3-5-7/h1-5,8-11H,6H2. The van der Waals surface area contributed by atoms with Gasteiger partial charge in [0.15, 0.2) is 0 Å². The van der Waals surface area contributed by atoms with Crippen molar-refractivity contribution in [1.29, 1.82) is 0 Å². The zero-order valence-corrected chi connectivity index (χ0v) is 6.20. The summed E-state index contributed by atoms with van der Waals surface area (Å²) in [5, 5.41) is 12.0. The molecular weight excluding hydrogens is 138 g/mol. The zero-order chi connectivity index (χ0) is 7.68. The minimum Gasteiger partial charge on any atom is -0.395 e. The highest BCUT2D eigenvalue weighted by Crippen LogP contribution is 2.28. The van der Waals surface area contributed by atoms with Crippen molar-refractivity contribution >= 4 is 0 Å². The molecule has 1 fully saturated rings. The first kappa shape index (κ1) is 6.83. The van der Waals surface area contributed by atoms with E-state index in [0.717, 1.165) is 0 Å². The lowest BCUT2D eigenvalue weighted by atomic mass is 10.1. The van der Waals surface area contributed by atoms with Crippen molar-refractivity contribution < 1.29 is 5.11 Å². The molecular formula is C9H11NO. The average Bonchev–Trinajstić information content (AvgIpc) is 2.85. The highest BCUT2D eigenvalue weighted by molar-refractivity contribution is 5.25. The van der Waals surface area contributed by atoms with Gasteiger partial charge >= 0.3 is 0 Å². The fraction of sp³-hybridized carbons (Fsp3) is 0.333. The lowest BCUT2D eigenvalue weighted by Crippen LogP contribution is -1.95. The number of benzene rings is 1. The van der Waals surface area contributed by atoms with Gasteiger partial charge in [0.25, 0.3) is 0 Å². The third-order valence-corrected chi connectivity index (χ3v) is 2.04. The molecule has 2 unspecified atom stereocenters. The van der Waals surface area contributed by atoms with Crippen LogP contribution in [0.15, 0.2) is 30.3 Å². The van der Waals surface area contributed by atoms with Gasteiger partial charge in [-0.05, 0) is 5.56 Å². The van der Waals surface area contributed by atoms with E-state index in [1.54, 1.807) is 0 Å². The van der Waals surface area contributed by atoms with Crippen molar-refractivity contribution in [2.24, 2.45) is 0 Å². The van der Waals surface area contributed by atoms with E-state index in [1.165, 1.54) is 5.56 Å². The van der Waals surface area contributed by atoms with Gasteiger partial charge in [-0.1, -0.05) is 30.3 Å². The van der Waals surface area contributed by atoms with E-state index in [1.807, 2.05) is 18.2 Å². The third-order valence-electron chi connectivity index (χ3n) is 2.04. The summed E-state index contributed by atoms with van der Waals surface area (Å²) in [6, 6.07) is 10.9. The Labute approximate surface area is 65.9 Å². The Bertz CT molecular complexity index is 235. The summed E-state index contributed by atoms with van der Waals surface area (Å²) < 4.78 is 0. The van der Waals surface area contributed by atoms with Crippen molar-refractivity contribution in [3.8, 4) is 0 Å². The van der Waals surface area contributed by atoms with Crippen LogP contribution in [0.5, 0.6) is 0 Å². The van der Waals surface area contributed by atoms with Crippen molar-refractivity contribution in [3.05, 3.63) is 35.9 Å². The molecule has 1 aliphatic heterocycles. The first-order valence-electron chi connectivity index (χ1n) is 3.83. The number of aliphatic hydroxyl groups is 1. The fourth-order valence-electron chi connectivity index (χ4n) is 1.32.